The number of carboxylic acids is 1. The van der Waals surface area contributed by atoms with Crippen LogP contribution in [0.5, 0.6) is 5.75 Å². The summed E-state index contributed by atoms with van der Waals surface area (Å²) in [7, 11) is 1.23. The summed E-state index contributed by atoms with van der Waals surface area (Å²) < 4.78 is 18.6. The van der Waals surface area contributed by atoms with Gasteiger partial charge in [-0.15, -0.1) is 0 Å². The largest absolute Gasteiger partial charge is 0.490 e. The van der Waals surface area contributed by atoms with Crippen molar-refractivity contribution in [2.24, 2.45) is 0 Å². The first kappa shape index (κ1) is 15.6. The van der Waals surface area contributed by atoms with Gasteiger partial charge in [0.15, 0.2) is 5.75 Å². The second-order valence-electron chi connectivity index (χ2n) is 3.95. The first-order valence-corrected chi connectivity index (χ1v) is 5.84. The molecule has 0 aliphatic heterocycles. The average molecular weight is 283 g/mol. The quantitative estimate of drug-likeness (QED) is 0.492. The number of halogens is 1. The smallest absolute Gasteiger partial charge is 0.331 e. The molecule has 0 heterocycles. The van der Waals surface area contributed by atoms with Gasteiger partial charge in [0.25, 0.3) is 0 Å². The lowest BCUT2D eigenvalue weighted by atomic mass is 10.0. The van der Waals surface area contributed by atoms with Crippen LogP contribution < -0.4 is 4.74 Å². The zero-order valence-corrected chi connectivity index (χ0v) is 11.1. The minimum absolute atomic E-state index is 0.0947. The summed E-state index contributed by atoms with van der Waals surface area (Å²) >= 11 is 0. The van der Waals surface area contributed by atoms with Crippen molar-refractivity contribution in [2.75, 3.05) is 7.11 Å². The predicted octanol–water partition coefficient (Wildman–Crippen LogP) is 2.71. The van der Waals surface area contributed by atoms with E-state index < -0.39 is 22.4 Å². The monoisotopic (exact) mass is 283 g/mol. The first-order valence-electron chi connectivity index (χ1n) is 5.84. The molecule has 0 aliphatic rings. The van der Waals surface area contributed by atoms with Gasteiger partial charge in [0.05, 0.1) is 17.6 Å². The van der Waals surface area contributed by atoms with Crippen LogP contribution in [0, 0.1) is 15.9 Å². The lowest BCUT2D eigenvalue weighted by Gasteiger charge is -2.09. The normalized spacial score (nSPS) is 11.2. The second-order valence-corrected chi connectivity index (χ2v) is 3.95. The number of aliphatic carboxylic acids is 1. The molecule has 0 fully saturated rings. The molecule has 20 heavy (non-hydrogen) atoms. The van der Waals surface area contributed by atoms with Crippen LogP contribution in [0.3, 0.4) is 0 Å². The van der Waals surface area contributed by atoms with Gasteiger partial charge < -0.3 is 9.84 Å². The van der Waals surface area contributed by atoms with E-state index in [0.29, 0.717) is 6.42 Å². The Hall–Kier alpha value is -2.44. The van der Waals surface area contributed by atoms with Crippen LogP contribution >= 0.6 is 0 Å². The van der Waals surface area contributed by atoms with Crippen LogP contribution in [0.15, 0.2) is 23.8 Å². The number of allylic oxidation sites excluding steroid dienone is 1. The molecule has 0 radical (unpaired) electrons. The van der Waals surface area contributed by atoms with E-state index in [4.69, 9.17) is 9.84 Å². The lowest BCUT2D eigenvalue weighted by Crippen LogP contribution is -2.08. The Labute approximate surface area is 114 Å². The van der Waals surface area contributed by atoms with Crippen LogP contribution in [0.1, 0.15) is 18.9 Å². The molecule has 0 spiro atoms. The third-order valence-corrected chi connectivity index (χ3v) is 2.68. The maximum absolute atomic E-state index is 13.8. The van der Waals surface area contributed by atoms with Crippen molar-refractivity contribution in [1.29, 1.82) is 0 Å². The van der Waals surface area contributed by atoms with Gasteiger partial charge >= 0.3 is 11.7 Å². The van der Waals surface area contributed by atoms with Gasteiger partial charge in [-0.2, -0.15) is 0 Å². The second kappa shape index (κ2) is 6.65. The van der Waals surface area contributed by atoms with Crippen LogP contribution in [-0.2, 0) is 11.2 Å². The Morgan fingerprint density at radius 2 is 2.20 bits per heavy atom. The summed E-state index contributed by atoms with van der Waals surface area (Å²) in [6.07, 6.45) is 1.45. The molecule has 0 saturated heterocycles. The summed E-state index contributed by atoms with van der Waals surface area (Å²) in [6, 6.07) is 2.16. The van der Waals surface area contributed by atoms with E-state index in [9.17, 15) is 19.3 Å². The van der Waals surface area contributed by atoms with E-state index in [1.54, 1.807) is 6.92 Å². The summed E-state index contributed by atoms with van der Waals surface area (Å²) in [6.45, 7) is 1.72. The highest BCUT2D eigenvalue weighted by atomic mass is 19.1. The molecule has 7 heteroatoms. The fourth-order valence-corrected chi connectivity index (χ4v) is 1.80. The minimum Gasteiger partial charge on any atom is -0.490 e. The Morgan fingerprint density at radius 1 is 1.55 bits per heavy atom. The molecule has 0 atom stereocenters. The number of methoxy groups -OCH3 is 1. The SMILES string of the molecule is CCC=C(Cc1c(F)ccc(OC)c1[N+](=O)[O-])C(=O)O. The average Bonchev–Trinajstić information content (AvgIpc) is 2.39. The highest BCUT2D eigenvalue weighted by Crippen LogP contribution is 2.34. The summed E-state index contributed by atoms with van der Waals surface area (Å²) in [4.78, 5) is 21.3. The van der Waals surface area contributed by atoms with Crippen molar-refractivity contribution in [1.82, 2.24) is 0 Å². The van der Waals surface area contributed by atoms with E-state index in [-0.39, 0.29) is 23.3 Å². The van der Waals surface area contributed by atoms with Gasteiger partial charge in [0.2, 0.25) is 0 Å². The van der Waals surface area contributed by atoms with Gasteiger partial charge in [0.1, 0.15) is 5.82 Å². The van der Waals surface area contributed by atoms with Crippen molar-refractivity contribution in [2.45, 2.75) is 19.8 Å². The summed E-state index contributed by atoms with van der Waals surface area (Å²) in [5.74, 6) is -2.17. The van der Waals surface area contributed by atoms with E-state index in [0.717, 1.165) is 12.1 Å². The molecule has 0 amide bonds. The van der Waals surface area contributed by atoms with Gasteiger partial charge in [-0.25, -0.2) is 9.18 Å². The maximum Gasteiger partial charge on any atom is 0.331 e. The van der Waals surface area contributed by atoms with Crippen molar-refractivity contribution >= 4 is 11.7 Å². The minimum atomic E-state index is -1.23. The van der Waals surface area contributed by atoms with Crippen LogP contribution in [0.2, 0.25) is 0 Å². The number of carboxylic acid groups (broad SMARTS) is 1. The molecule has 6 nitrogen and oxygen atoms in total. The van der Waals surface area contributed by atoms with Crippen LogP contribution in [0.4, 0.5) is 10.1 Å². The zero-order chi connectivity index (χ0) is 15.3. The van der Waals surface area contributed by atoms with E-state index >= 15 is 0 Å². The molecule has 1 aromatic rings. The topological polar surface area (TPSA) is 89.7 Å². The number of nitro benzene ring substituents is 1. The fraction of sp³-hybridized carbons (Fsp3) is 0.308. The van der Waals surface area contributed by atoms with Crippen molar-refractivity contribution in [3.8, 4) is 5.75 Å². The van der Waals surface area contributed by atoms with Gasteiger partial charge in [0, 0.05) is 12.0 Å². The Kier molecular flexibility index (Phi) is 5.19. The zero-order valence-electron chi connectivity index (χ0n) is 11.1. The Morgan fingerprint density at radius 3 is 2.65 bits per heavy atom. The Bertz CT molecular complexity index is 568. The van der Waals surface area contributed by atoms with E-state index in [2.05, 4.69) is 0 Å². The fourth-order valence-electron chi connectivity index (χ4n) is 1.80. The predicted molar refractivity (Wildman–Crippen MR) is 69.3 cm³/mol. The highest BCUT2D eigenvalue weighted by molar-refractivity contribution is 5.87. The molecular weight excluding hydrogens is 269 g/mol. The number of hydrogen-bond acceptors (Lipinski definition) is 4. The first-order chi connectivity index (χ1) is 9.42. The van der Waals surface area contributed by atoms with Crippen molar-refractivity contribution < 1.29 is 24.0 Å². The van der Waals surface area contributed by atoms with E-state index in [1.807, 2.05) is 0 Å². The molecule has 0 bridgehead atoms. The van der Waals surface area contributed by atoms with Gasteiger partial charge in [-0.1, -0.05) is 13.0 Å². The molecule has 108 valence electrons. The number of benzene rings is 1. The molecular formula is C13H14FNO5. The molecule has 0 saturated carbocycles. The number of carbonyl (C=O) groups is 1. The molecule has 1 aromatic carbocycles. The molecule has 0 aromatic heterocycles. The Balaban J connectivity index is 3.39. The van der Waals surface area contributed by atoms with Crippen molar-refractivity contribution in [3.63, 3.8) is 0 Å². The number of rotatable bonds is 6. The number of nitrogens with zero attached hydrogens (tertiary/aromatic N) is 1. The van der Waals surface area contributed by atoms with Crippen LogP contribution in [0.25, 0.3) is 0 Å². The highest BCUT2D eigenvalue weighted by Gasteiger charge is 2.26. The number of hydrogen-bond donors (Lipinski definition) is 1. The third-order valence-electron chi connectivity index (χ3n) is 2.68. The molecule has 1 rings (SSSR count). The van der Waals surface area contributed by atoms with Crippen LogP contribution in [-0.4, -0.2) is 23.1 Å². The standard InChI is InChI=1S/C13H14FNO5/c1-3-4-8(13(16)17)7-9-10(14)5-6-11(20-2)12(9)15(18)19/h4-6H,3,7H2,1-2H3,(H,16,17). The number of nitro groups is 1. The molecule has 1 N–H and O–H groups in total. The third kappa shape index (κ3) is 3.31. The maximum atomic E-state index is 13.8. The van der Waals surface area contributed by atoms with E-state index in [1.165, 1.54) is 13.2 Å². The summed E-state index contributed by atoms with van der Waals surface area (Å²) in [5.41, 5.74) is -0.935. The number of ether oxygens (including phenoxy) is 1. The molecule has 0 aliphatic carbocycles. The van der Waals surface area contributed by atoms with Gasteiger partial charge in [-0.3, -0.25) is 10.1 Å². The lowest BCUT2D eigenvalue weighted by molar-refractivity contribution is -0.386. The summed E-state index contributed by atoms with van der Waals surface area (Å²) in [5, 5.41) is 20.1. The van der Waals surface area contributed by atoms with Crippen molar-refractivity contribution in [3.05, 3.63) is 45.3 Å². The molecule has 0 unspecified atom stereocenters. The van der Waals surface area contributed by atoms with Gasteiger partial charge in [-0.05, 0) is 18.6 Å².